The van der Waals surface area contributed by atoms with Crippen molar-refractivity contribution in [2.45, 2.75) is 12.4 Å². The van der Waals surface area contributed by atoms with Crippen LogP contribution in [0.3, 0.4) is 0 Å². The molecule has 1 fully saturated rings. The number of alkyl halides is 3. The molecule has 0 radical (unpaired) electrons. The molecule has 18 heavy (non-hydrogen) atoms. The van der Waals surface area contributed by atoms with Crippen LogP contribution >= 0.6 is 0 Å². The molecule has 0 saturated carbocycles. The van der Waals surface area contributed by atoms with Gasteiger partial charge in [-0.3, -0.25) is 4.98 Å². The van der Waals surface area contributed by atoms with Crippen LogP contribution in [-0.4, -0.2) is 42.9 Å². The topological polar surface area (TPSA) is 37.4 Å². The number of aromatic nitrogens is 1. The van der Waals surface area contributed by atoms with E-state index in [1.54, 1.807) is 6.20 Å². The van der Waals surface area contributed by atoms with Gasteiger partial charge in [0.15, 0.2) is 0 Å². The van der Waals surface area contributed by atoms with Crippen molar-refractivity contribution in [3.8, 4) is 5.75 Å². The molecule has 1 aromatic heterocycles. The monoisotopic (exact) mass is 261 g/mol. The minimum atomic E-state index is -4.68. The summed E-state index contributed by atoms with van der Waals surface area (Å²) in [6.45, 7) is 2.45. The van der Waals surface area contributed by atoms with E-state index in [1.807, 2.05) is 7.05 Å². The molecule has 7 heteroatoms. The van der Waals surface area contributed by atoms with Crippen LogP contribution in [0.4, 0.5) is 13.2 Å². The van der Waals surface area contributed by atoms with Gasteiger partial charge in [-0.05, 0) is 18.7 Å². The predicted molar refractivity (Wildman–Crippen MR) is 59.2 cm³/mol. The SMILES string of the molecule is CN1CCNC(c2cncc(OC(F)(F)F)c2)C1. The fourth-order valence-corrected chi connectivity index (χ4v) is 1.94. The first-order valence-corrected chi connectivity index (χ1v) is 5.57. The molecule has 0 spiro atoms. The maximum Gasteiger partial charge on any atom is 0.573 e. The molecular weight excluding hydrogens is 247 g/mol. The molecule has 1 aliphatic rings. The van der Waals surface area contributed by atoms with E-state index in [-0.39, 0.29) is 11.8 Å². The van der Waals surface area contributed by atoms with E-state index in [2.05, 4.69) is 19.9 Å². The lowest BCUT2D eigenvalue weighted by Crippen LogP contribution is -2.43. The largest absolute Gasteiger partial charge is 0.573 e. The summed E-state index contributed by atoms with van der Waals surface area (Å²) in [6, 6.07) is 1.35. The molecule has 2 heterocycles. The summed E-state index contributed by atoms with van der Waals surface area (Å²) >= 11 is 0. The highest BCUT2D eigenvalue weighted by atomic mass is 19.4. The number of nitrogens with one attached hydrogen (secondary N) is 1. The van der Waals surface area contributed by atoms with E-state index in [0.29, 0.717) is 5.56 Å². The van der Waals surface area contributed by atoms with Gasteiger partial charge in [0.05, 0.1) is 6.20 Å². The van der Waals surface area contributed by atoms with Crippen LogP contribution in [0.5, 0.6) is 5.75 Å². The van der Waals surface area contributed by atoms with E-state index in [0.717, 1.165) is 25.8 Å². The lowest BCUT2D eigenvalue weighted by molar-refractivity contribution is -0.274. The third-order valence-corrected chi connectivity index (χ3v) is 2.75. The van der Waals surface area contributed by atoms with Crippen LogP contribution in [0.1, 0.15) is 11.6 Å². The standard InChI is InChI=1S/C11H14F3N3O/c1-17-3-2-16-10(7-17)8-4-9(6-15-5-8)18-11(12,13)14/h4-6,10,16H,2-3,7H2,1H3. The lowest BCUT2D eigenvalue weighted by Gasteiger charge is -2.31. The average molecular weight is 261 g/mol. The Hall–Kier alpha value is -1.34. The van der Waals surface area contributed by atoms with Crippen LogP contribution in [0.2, 0.25) is 0 Å². The Labute approximate surface area is 103 Å². The van der Waals surface area contributed by atoms with Gasteiger partial charge in [0, 0.05) is 31.9 Å². The quantitative estimate of drug-likeness (QED) is 0.876. The van der Waals surface area contributed by atoms with Crippen LogP contribution in [0.15, 0.2) is 18.5 Å². The normalized spacial score (nSPS) is 21.9. The number of halogens is 3. The van der Waals surface area contributed by atoms with Crippen LogP contribution in [0.25, 0.3) is 0 Å². The van der Waals surface area contributed by atoms with Gasteiger partial charge in [-0.2, -0.15) is 0 Å². The van der Waals surface area contributed by atoms with Crippen molar-refractivity contribution < 1.29 is 17.9 Å². The van der Waals surface area contributed by atoms with Crippen molar-refractivity contribution in [3.05, 3.63) is 24.0 Å². The number of nitrogens with zero attached hydrogens (tertiary/aromatic N) is 2. The fraction of sp³-hybridized carbons (Fsp3) is 0.545. The van der Waals surface area contributed by atoms with Gasteiger partial charge in [0.25, 0.3) is 0 Å². The van der Waals surface area contributed by atoms with Crippen molar-refractivity contribution in [2.75, 3.05) is 26.7 Å². The molecule has 100 valence electrons. The Morgan fingerprint density at radius 2 is 2.22 bits per heavy atom. The van der Waals surface area contributed by atoms with Gasteiger partial charge < -0.3 is 15.0 Å². The molecule has 1 aliphatic heterocycles. The molecule has 1 unspecified atom stereocenters. The Morgan fingerprint density at radius 3 is 2.89 bits per heavy atom. The minimum absolute atomic E-state index is 0.0203. The number of piperazine rings is 1. The van der Waals surface area contributed by atoms with Crippen molar-refractivity contribution >= 4 is 0 Å². The van der Waals surface area contributed by atoms with Crippen LogP contribution in [-0.2, 0) is 0 Å². The zero-order valence-electron chi connectivity index (χ0n) is 9.87. The van der Waals surface area contributed by atoms with Crippen molar-refractivity contribution in [1.29, 1.82) is 0 Å². The van der Waals surface area contributed by atoms with Gasteiger partial charge >= 0.3 is 6.36 Å². The Kier molecular flexibility index (Phi) is 3.72. The summed E-state index contributed by atoms with van der Waals surface area (Å²) in [7, 11) is 1.97. The molecule has 1 aromatic rings. The fourth-order valence-electron chi connectivity index (χ4n) is 1.94. The molecule has 0 aliphatic carbocycles. The van der Waals surface area contributed by atoms with Gasteiger partial charge in [-0.25, -0.2) is 0 Å². The first kappa shape index (κ1) is 13.1. The Morgan fingerprint density at radius 1 is 1.44 bits per heavy atom. The highest BCUT2D eigenvalue weighted by molar-refractivity contribution is 5.26. The summed E-state index contributed by atoms with van der Waals surface area (Å²) in [5, 5.41) is 3.24. The van der Waals surface area contributed by atoms with Gasteiger partial charge in [-0.15, -0.1) is 13.2 Å². The van der Waals surface area contributed by atoms with Gasteiger partial charge in [-0.1, -0.05) is 0 Å². The maximum absolute atomic E-state index is 12.1. The number of rotatable bonds is 2. The van der Waals surface area contributed by atoms with Crippen LogP contribution in [0, 0.1) is 0 Å². The van der Waals surface area contributed by atoms with E-state index in [9.17, 15) is 13.2 Å². The zero-order valence-corrected chi connectivity index (χ0v) is 9.87. The molecule has 4 nitrogen and oxygen atoms in total. The van der Waals surface area contributed by atoms with Crippen molar-refractivity contribution in [1.82, 2.24) is 15.2 Å². The molecular formula is C11H14F3N3O. The van der Waals surface area contributed by atoms with E-state index >= 15 is 0 Å². The second kappa shape index (κ2) is 5.11. The molecule has 0 aromatic carbocycles. The average Bonchev–Trinajstić information content (AvgIpc) is 2.27. The van der Waals surface area contributed by atoms with E-state index in [4.69, 9.17) is 0 Å². The summed E-state index contributed by atoms with van der Waals surface area (Å²) in [5.74, 6) is -0.282. The highest BCUT2D eigenvalue weighted by Crippen LogP contribution is 2.25. The second-order valence-electron chi connectivity index (χ2n) is 4.27. The first-order chi connectivity index (χ1) is 8.44. The summed E-state index contributed by atoms with van der Waals surface area (Å²) in [6.07, 6.45) is -2.07. The van der Waals surface area contributed by atoms with E-state index in [1.165, 1.54) is 6.07 Å². The molecule has 0 amide bonds. The third kappa shape index (κ3) is 3.58. The van der Waals surface area contributed by atoms with Crippen molar-refractivity contribution in [3.63, 3.8) is 0 Å². The van der Waals surface area contributed by atoms with Crippen LogP contribution < -0.4 is 10.1 Å². The molecule has 1 atom stereocenters. The molecule has 1 saturated heterocycles. The summed E-state index contributed by atoms with van der Waals surface area (Å²) in [5.41, 5.74) is 0.698. The predicted octanol–water partition coefficient (Wildman–Crippen LogP) is 1.56. The smallest absolute Gasteiger partial charge is 0.404 e. The molecule has 0 bridgehead atoms. The van der Waals surface area contributed by atoms with Crippen molar-refractivity contribution in [2.24, 2.45) is 0 Å². The zero-order chi connectivity index (χ0) is 13.2. The number of pyridine rings is 1. The Balaban J connectivity index is 2.11. The molecule has 2 rings (SSSR count). The van der Waals surface area contributed by atoms with Gasteiger partial charge in [0.2, 0.25) is 0 Å². The second-order valence-corrected chi connectivity index (χ2v) is 4.27. The first-order valence-electron chi connectivity index (χ1n) is 5.57. The maximum atomic E-state index is 12.1. The highest BCUT2D eigenvalue weighted by Gasteiger charge is 2.31. The number of hydrogen-bond acceptors (Lipinski definition) is 4. The van der Waals surface area contributed by atoms with E-state index < -0.39 is 6.36 Å². The molecule has 1 N–H and O–H groups in total. The number of likely N-dealkylation sites (N-methyl/N-ethyl adjacent to an activating group) is 1. The number of ether oxygens (including phenoxy) is 1. The lowest BCUT2D eigenvalue weighted by atomic mass is 10.1. The third-order valence-electron chi connectivity index (χ3n) is 2.75. The number of hydrogen-bond donors (Lipinski definition) is 1. The summed E-state index contributed by atoms with van der Waals surface area (Å²) < 4.78 is 40.2. The minimum Gasteiger partial charge on any atom is -0.404 e. The van der Waals surface area contributed by atoms with Gasteiger partial charge in [0.1, 0.15) is 5.75 Å². The summed E-state index contributed by atoms with van der Waals surface area (Å²) in [4.78, 5) is 5.90. The Bertz CT molecular complexity index is 411.